The summed E-state index contributed by atoms with van der Waals surface area (Å²) in [4.78, 5) is 41.0. The largest absolute Gasteiger partial charge is 0.515 e. The van der Waals surface area contributed by atoms with E-state index < -0.39 is 0 Å². The van der Waals surface area contributed by atoms with Crippen LogP contribution in [0.2, 0.25) is 0 Å². The highest BCUT2D eigenvalue weighted by Gasteiger charge is 2.36. The third-order valence-electron chi connectivity index (χ3n) is 9.58. The van der Waals surface area contributed by atoms with E-state index in [4.69, 9.17) is 19.7 Å². The number of hydrogen-bond donors (Lipinski definition) is 2. The van der Waals surface area contributed by atoms with Crippen molar-refractivity contribution in [2.45, 2.75) is 74.1 Å². The molecule has 5 heterocycles. The van der Waals surface area contributed by atoms with Crippen LogP contribution in [0.5, 0.6) is 0 Å². The van der Waals surface area contributed by atoms with Gasteiger partial charge >= 0.3 is 5.97 Å². The van der Waals surface area contributed by atoms with E-state index in [-0.39, 0.29) is 23.7 Å². The molecule has 0 aromatic carbocycles. The number of rotatable bonds is 8. The fraction of sp³-hybridized carbons (Fsp3) is 0.432. The van der Waals surface area contributed by atoms with Crippen molar-refractivity contribution in [3.8, 4) is 0 Å². The van der Waals surface area contributed by atoms with Gasteiger partial charge in [0.25, 0.3) is 0 Å². The van der Waals surface area contributed by atoms with Gasteiger partial charge in [0.1, 0.15) is 0 Å². The Morgan fingerprint density at radius 3 is 2.39 bits per heavy atom. The molecule has 1 saturated heterocycles. The summed E-state index contributed by atoms with van der Waals surface area (Å²) in [6.45, 7) is 14.8. The molecule has 2 N–H and O–H groups in total. The van der Waals surface area contributed by atoms with Crippen molar-refractivity contribution >= 4 is 29.0 Å². The Hall–Kier alpha value is -4.53. The zero-order chi connectivity index (χ0) is 33.3. The molecule has 1 amide bonds. The topological polar surface area (TPSA) is 116 Å². The number of aliphatic hydroxyl groups excluding tert-OH is 1. The molecule has 46 heavy (non-hydrogen) atoms. The van der Waals surface area contributed by atoms with Gasteiger partial charge in [-0.3, -0.25) is 9.59 Å². The summed E-state index contributed by atoms with van der Waals surface area (Å²) >= 11 is 0. The minimum Gasteiger partial charge on any atom is -0.515 e. The third kappa shape index (κ3) is 6.41. The van der Waals surface area contributed by atoms with Gasteiger partial charge in [0.2, 0.25) is 5.91 Å². The number of carbonyl (C=O) groups is 2. The van der Waals surface area contributed by atoms with Gasteiger partial charge in [0, 0.05) is 55.7 Å². The highest BCUT2D eigenvalue weighted by molar-refractivity contribution is 6.18. The van der Waals surface area contributed by atoms with Gasteiger partial charge < -0.3 is 20.1 Å². The molecule has 0 saturated carbocycles. The summed E-state index contributed by atoms with van der Waals surface area (Å²) in [6.07, 6.45) is 11.8. The van der Waals surface area contributed by atoms with Crippen molar-refractivity contribution in [1.82, 2.24) is 10.2 Å². The zero-order valence-corrected chi connectivity index (χ0v) is 28.2. The van der Waals surface area contributed by atoms with E-state index in [0.29, 0.717) is 43.7 Å². The first-order valence-corrected chi connectivity index (χ1v) is 16.1. The lowest BCUT2D eigenvalue weighted by atomic mass is 9.86. The van der Waals surface area contributed by atoms with Gasteiger partial charge in [-0.25, -0.2) is 15.0 Å². The van der Waals surface area contributed by atoms with Crippen LogP contribution >= 0.6 is 0 Å². The highest BCUT2D eigenvalue weighted by Crippen LogP contribution is 2.41. The molecule has 9 nitrogen and oxygen atoms in total. The molecule has 0 unspecified atom stereocenters. The maximum absolute atomic E-state index is 13.2. The molecule has 1 fully saturated rings. The zero-order valence-electron chi connectivity index (χ0n) is 28.2. The number of carbonyl (C=O) groups excluding carboxylic acids is 2. The molecule has 242 valence electrons. The molecule has 0 aromatic rings. The van der Waals surface area contributed by atoms with E-state index in [1.165, 1.54) is 12.5 Å². The Labute approximate surface area is 272 Å². The Morgan fingerprint density at radius 2 is 1.70 bits per heavy atom. The van der Waals surface area contributed by atoms with Crippen LogP contribution in [0, 0.1) is 11.8 Å². The first-order chi connectivity index (χ1) is 21.9. The van der Waals surface area contributed by atoms with Crippen LogP contribution in [0.25, 0.3) is 0 Å². The van der Waals surface area contributed by atoms with E-state index in [1.807, 2.05) is 13.0 Å². The summed E-state index contributed by atoms with van der Waals surface area (Å²) in [7, 11) is 1.80. The fourth-order valence-corrected chi connectivity index (χ4v) is 6.64. The molecule has 5 aliphatic heterocycles. The minimum absolute atomic E-state index is 0.0577. The fourth-order valence-electron chi connectivity index (χ4n) is 6.64. The number of allylic oxidation sites excluding steroid dienone is 12. The Balaban J connectivity index is 1.54. The van der Waals surface area contributed by atoms with Crippen LogP contribution < -0.4 is 5.32 Å². The smallest absolute Gasteiger partial charge is 0.302 e. The van der Waals surface area contributed by atoms with E-state index in [0.717, 1.165) is 74.9 Å². The molecular weight excluding hydrogens is 578 g/mol. The monoisotopic (exact) mass is 623 g/mol. The highest BCUT2D eigenvalue weighted by atomic mass is 16.5. The molecule has 9 heteroatoms. The second-order valence-electron chi connectivity index (χ2n) is 12.6. The molecule has 0 radical (unpaired) electrons. The van der Waals surface area contributed by atoms with Crippen LogP contribution in [0.15, 0.2) is 107 Å². The van der Waals surface area contributed by atoms with Crippen molar-refractivity contribution in [3.63, 3.8) is 0 Å². The SMILES string of the molecule is CCC1=C(C)C2=CC3=NC(=C(C)/C3=C/O)C=C3NC(=C(C)C4=NC(=CC1=N2)C(C)=C4)[C@@H](CCC(=O)N(C)CCCOC(C)=O)[C@@H]3C. The first-order valence-electron chi connectivity index (χ1n) is 16.1. The number of amides is 1. The van der Waals surface area contributed by atoms with Crippen LogP contribution in [0.3, 0.4) is 0 Å². The summed E-state index contributed by atoms with van der Waals surface area (Å²) < 4.78 is 5.02. The van der Waals surface area contributed by atoms with Gasteiger partial charge in [0.05, 0.1) is 47.1 Å². The van der Waals surface area contributed by atoms with Crippen molar-refractivity contribution in [2.75, 3.05) is 20.2 Å². The van der Waals surface area contributed by atoms with Crippen LogP contribution in [-0.4, -0.2) is 59.2 Å². The molecule has 5 aliphatic rings. The normalized spacial score (nSPS) is 23.1. The minimum atomic E-state index is -0.313. The van der Waals surface area contributed by atoms with E-state index in [2.05, 4.69) is 58.2 Å². The van der Waals surface area contributed by atoms with Crippen molar-refractivity contribution in [3.05, 3.63) is 92.5 Å². The Bertz CT molecular complexity index is 1720. The standard InChI is InChI=1S/C37H45N5O4/c1-9-26-21(3)32-18-35-28(19-43)23(5)31(40-35)17-33-22(4)27(11-12-36(45)42(8)13-10-14-46-25(7)44)37(41-33)24(6)30-15-20(2)29(38-30)16-34(26)39-32/h15-19,22,27,41,43H,9-14H2,1-8H3/b28-19-,29-16?,32-18?,33-17?,37-24?/t22-,27-/m0/s1. The van der Waals surface area contributed by atoms with E-state index >= 15 is 0 Å². The molecule has 0 aromatic heterocycles. The molecule has 5 rings (SSSR count). The Morgan fingerprint density at radius 1 is 0.978 bits per heavy atom. The van der Waals surface area contributed by atoms with E-state index in [1.54, 1.807) is 11.9 Å². The lowest BCUT2D eigenvalue weighted by Crippen LogP contribution is -2.29. The molecule has 0 spiro atoms. The number of hydrogen-bond acceptors (Lipinski definition) is 8. The van der Waals surface area contributed by atoms with Crippen LogP contribution in [-0.2, 0) is 14.3 Å². The predicted molar refractivity (Wildman–Crippen MR) is 183 cm³/mol. The van der Waals surface area contributed by atoms with Gasteiger partial charge in [-0.2, -0.15) is 0 Å². The number of ether oxygens (including phenoxy) is 1. The number of nitrogens with one attached hydrogen (secondary N) is 1. The Kier molecular flexibility index (Phi) is 9.60. The lowest BCUT2D eigenvalue weighted by molar-refractivity contribution is -0.141. The molecule has 2 atom stereocenters. The second kappa shape index (κ2) is 13.4. The maximum Gasteiger partial charge on any atom is 0.302 e. The van der Waals surface area contributed by atoms with Crippen LogP contribution in [0.1, 0.15) is 74.1 Å². The number of aliphatic hydroxyl groups is 1. The third-order valence-corrected chi connectivity index (χ3v) is 9.58. The maximum atomic E-state index is 13.2. The van der Waals surface area contributed by atoms with Gasteiger partial charge in [0.15, 0.2) is 0 Å². The number of esters is 1. The number of fused-ring (bicyclic) bond motifs is 5. The average molecular weight is 624 g/mol. The first kappa shape index (κ1) is 32.9. The summed E-state index contributed by atoms with van der Waals surface area (Å²) in [5.74, 6) is -0.110. The van der Waals surface area contributed by atoms with E-state index in [9.17, 15) is 14.7 Å². The van der Waals surface area contributed by atoms with Crippen molar-refractivity contribution in [2.24, 2.45) is 26.8 Å². The molecule has 8 bridgehead atoms. The molecule has 0 aliphatic carbocycles. The van der Waals surface area contributed by atoms with Gasteiger partial charge in [-0.1, -0.05) is 13.8 Å². The predicted octanol–water partition coefficient (Wildman–Crippen LogP) is 6.73. The summed E-state index contributed by atoms with van der Waals surface area (Å²) in [5, 5.41) is 14.0. The van der Waals surface area contributed by atoms with Gasteiger partial charge in [-0.15, -0.1) is 0 Å². The van der Waals surface area contributed by atoms with Gasteiger partial charge in [-0.05, 0) is 99.1 Å². The number of nitrogens with zero attached hydrogens (tertiary/aromatic N) is 4. The lowest BCUT2D eigenvalue weighted by Gasteiger charge is -2.21. The van der Waals surface area contributed by atoms with Crippen molar-refractivity contribution < 1.29 is 19.4 Å². The van der Waals surface area contributed by atoms with Crippen LogP contribution in [0.4, 0.5) is 0 Å². The summed E-state index contributed by atoms with van der Waals surface area (Å²) in [5.41, 5.74) is 13.0. The second-order valence-corrected chi connectivity index (χ2v) is 12.6. The average Bonchev–Trinajstić information content (AvgIpc) is 3.72. The number of aliphatic imine (C=N–C) groups is 3. The quantitative estimate of drug-likeness (QED) is 0.177. The molecular formula is C37H45N5O4. The van der Waals surface area contributed by atoms with Crippen molar-refractivity contribution in [1.29, 1.82) is 0 Å². The summed E-state index contributed by atoms with van der Waals surface area (Å²) in [6, 6.07) is 0.